The van der Waals surface area contributed by atoms with Crippen LogP contribution >= 0.6 is 0 Å². The normalized spacial score (nSPS) is 10.2. The summed E-state index contributed by atoms with van der Waals surface area (Å²) in [5.74, 6) is -1.41. The van der Waals surface area contributed by atoms with Gasteiger partial charge in [0.25, 0.3) is 5.78 Å². The smallest absolute Gasteiger partial charge is 0.379 e. The Labute approximate surface area is 111 Å². The summed E-state index contributed by atoms with van der Waals surface area (Å²) in [5, 5.41) is 0. The molecule has 4 heteroatoms. The number of carbonyl (C=O) groups is 2. The van der Waals surface area contributed by atoms with E-state index in [4.69, 9.17) is 0 Å². The van der Waals surface area contributed by atoms with Crippen LogP contribution in [0.1, 0.15) is 22.8 Å². The molecule has 98 valence electrons. The Bertz CT molecular complexity index is 572. The SMILES string of the molecule is CCOC(=O)C(=O)c1ccn(Cc2ccccc2)c1. The fourth-order valence-corrected chi connectivity index (χ4v) is 1.78. The van der Waals surface area contributed by atoms with Crippen molar-refractivity contribution in [1.82, 2.24) is 4.57 Å². The second-order valence-electron chi connectivity index (χ2n) is 4.11. The second kappa shape index (κ2) is 6.00. The number of nitrogens with zero attached hydrogens (tertiary/aromatic N) is 1. The van der Waals surface area contributed by atoms with Crippen molar-refractivity contribution in [2.24, 2.45) is 0 Å². The highest BCUT2D eigenvalue weighted by Crippen LogP contribution is 2.07. The molecule has 0 N–H and O–H groups in total. The minimum absolute atomic E-state index is 0.204. The van der Waals surface area contributed by atoms with Crippen LogP contribution in [0.4, 0.5) is 0 Å². The van der Waals surface area contributed by atoms with Gasteiger partial charge in [-0.25, -0.2) is 4.79 Å². The van der Waals surface area contributed by atoms with Gasteiger partial charge in [-0.1, -0.05) is 30.3 Å². The Hall–Kier alpha value is -2.36. The summed E-state index contributed by atoms with van der Waals surface area (Å²) in [5.41, 5.74) is 1.49. The van der Waals surface area contributed by atoms with Crippen LogP contribution in [-0.2, 0) is 16.1 Å². The molecule has 0 atom stereocenters. The number of aromatic nitrogens is 1. The first-order chi connectivity index (χ1) is 9.20. The Morgan fingerprint density at radius 2 is 1.89 bits per heavy atom. The zero-order valence-corrected chi connectivity index (χ0v) is 10.7. The number of benzene rings is 1. The molecule has 2 aromatic rings. The third-order valence-corrected chi connectivity index (χ3v) is 2.68. The number of esters is 1. The molecular weight excluding hydrogens is 242 g/mol. The van der Waals surface area contributed by atoms with E-state index in [0.29, 0.717) is 12.1 Å². The Morgan fingerprint density at radius 1 is 1.16 bits per heavy atom. The van der Waals surface area contributed by atoms with Crippen molar-refractivity contribution in [3.8, 4) is 0 Å². The number of Topliss-reactive ketones (excluding diaryl/α,β-unsaturated/α-hetero) is 1. The van der Waals surface area contributed by atoms with E-state index in [1.54, 1.807) is 25.4 Å². The topological polar surface area (TPSA) is 48.3 Å². The maximum absolute atomic E-state index is 11.7. The van der Waals surface area contributed by atoms with Gasteiger partial charge in [-0.3, -0.25) is 4.79 Å². The summed E-state index contributed by atoms with van der Waals surface area (Å²) in [4.78, 5) is 23.0. The van der Waals surface area contributed by atoms with Crippen molar-refractivity contribution in [1.29, 1.82) is 0 Å². The summed E-state index contributed by atoms with van der Waals surface area (Å²) in [6.07, 6.45) is 3.44. The van der Waals surface area contributed by atoms with Crippen molar-refractivity contribution < 1.29 is 14.3 Å². The molecule has 0 aliphatic heterocycles. The van der Waals surface area contributed by atoms with Gasteiger partial charge in [0.15, 0.2) is 0 Å². The van der Waals surface area contributed by atoms with Crippen molar-refractivity contribution in [3.63, 3.8) is 0 Å². The maximum atomic E-state index is 11.7. The molecule has 0 fully saturated rings. The predicted molar refractivity (Wildman–Crippen MR) is 70.9 cm³/mol. The zero-order chi connectivity index (χ0) is 13.7. The lowest BCUT2D eigenvalue weighted by Gasteiger charge is -2.02. The maximum Gasteiger partial charge on any atom is 0.379 e. The van der Waals surface area contributed by atoms with E-state index in [9.17, 15) is 9.59 Å². The molecule has 0 aliphatic rings. The highest BCUT2D eigenvalue weighted by Gasteiger charge is 2.18. The summed E-state index contributed by atoms with van der Waals surface area (Å²) in [6, 6.07) is 11.5. The van der Waals surface area contributed by atoms with Crippen LogP contribution < -0.4 is 0 Å². The lowest BCUT2D eigenvalue weighted by molar-refractivity contribution is -0.137. The summed E-state index contributed by atoms with van der Waals surface area (Å²) in [7, 11) is 0. The molecule has 4 nitrogen and oxygen atoms in total. The number of ketones is 1. The van der Waals surface area contributed by atoms with E-state index in [1.165, 1.54) is 0 Å². The number of ether oxygens (including phenoxy) is 1. The number of hydrogen-bond acceptors (Lipinski definition) is 3. The first-order valence-electron chi connectivity index (χ1n) is 6.12. The number of carbonyl (C=O) groups excluding carboxylic acids is 2. The Morgan fingerprint density at radius 3 is 2.58 bits per heavy atom. The first-order valence-corrected chi connectivity index (χ1v) is 6.12. The van der Waals surface area contributed by atoms with E-state index < -0.39 is 11.8 Å². The second-order valence-corrected chi connectivity index (χ2v) is 4.11. The largest absolute Gasteiger partial charge is 0.460 e. The summed E-state index contributed by atoms with van der Waals surface area (Å²) in [6.45, 7) is 2.54. The third-order valence-electron chi connectivity index (χ3n) is 2.68. The zero-order valence-electron chi connectivity index (χ0n) is 10.7. The fourth-order valence-electron chi connectivity index (χ4n) is 1.78. The summed E-state index contributed by atoms with van der Waals surface area (Å²) >= 11 is 0. The first kappa shape index (κ1) is 13.1. The van der Waals surface area contributed by atoms with Crippen LogP contribution in [-0.4, -0.2) is 22.9 Å². The summed E-state index contributed by atoms with van der Waals surface area (Å²) < 4.78 is 6.55. The van der Waals surface area contributed by atoms with Gasteiger partial charge in [-0.05, 0) is 18.6 Å². The predicted octanol–water partition coefficient (Wildman–Crippen LogP) is 2.28. The van der Waals surface area contributed by atoms with Crippen LogP contribution in [0.15, 0.2) is 48.8 Å². The fraction of sp³-hybridized carbons (Fsp3) is 0.200. The molecule has 0 saturated carbocycles. The van der Waals surface area contributed by atoms with Gasteiger partial charge in [0, 0.05) is 24.5 Å². The van der Waals surface area contributed by atoms with E-state index in [2.05, 4.69) is 4.74 Å². The highest BCUT2D eigenvalue weighted by molar-refractivity contribution is 6.40. The average Bonchev–Trinajstić information content (AvgIpc) is 2.88. The number of hydrogen-bond donors (Lipinski definition) is 0. The molecule has 1 heterocycles. The molecule has 0 bridgehead atoms. The van der Waals surface area contributed by atoms with Crippen molar-refractivity contribution in [3.05, 3.63) is 59.9 Å². The van der Waals surface area contributed by atoms with Gasteiger partial charge in [-0.2, -0.15) is 0 Å². The Balaban J connectivity index is 2.07. The molecule has 1 aromatic carbocycles. The lowest BCUT2D eigenvalue weighted by atomic mass is 10.2. The van der Waals surface area contributed by atoms with Gasteiger partial charge in [0.1, 0.15) is 0 Å². The van der Waals surface area contributed by atoms with Crippen LogP contribution in [0, 0.1) is 0 Å². The molecule has 0 aliphatic carbocycles. The molecule has 0 amide bonds. The average molecular weight is 257 g/mol. The molecular formula is C15H15NO3. The van der Waals surface area contributed by atoms with Crippen molar-refractivity contribution in [2.45, 2.75) is 13.5 Å². The van der Waals surface area contributed by atoms with E-state index in [-0.39, 0.29) is 6.61 Å². The molecule has 0 saturated heterocycles. The highest BCUT2D eigenvalue weighted by atomic mass is 16.5. The van der Waals surface area contributed by atoms with E-state index in [1.807, 2.05) is 34.9 Å². The van der Waals surface area contributed by atoms with Gasteiger partial charge < -0.3 is 9.30 Å². The van der Waals surface area contributed by atoms with Crippen molar-refractivity contribution >= 4 is 11.8 Å². The molecule has 0 unspecified atom stereocenters. The lowest BCUT2D eigenvalue weighted by Crippen LogP contribution is -2.16. The molecule has 19 heavy (non-hydrogen) atoms. The van der Waals surface area contributed by atoms with E-state index >= 15 is 0 Å². The van der Waals surface area contributed by atoms with Gasteiger partial charge in [0.05, 0.1) is 6.61 Å². The van der Waals surface area contributed by atoms with Gasteiger partial charge in [0.2, 0.25) is 0 Å². The standard InChI is InChI=1S/C15H15NO3/c1-2-19-15(18)14(17)13-8-9-16(11-13)10-12-6-4-3-5-7-12/h3-9,11H,2,10H2,1H3. The van der Waals surface area contributed by atoms with Crippen LogP contribution in [0.5, 0.6) is 0 Å². The van der Waals surface area contributed by atoms with Crippen LogP contribution in [0.25, 0.3) is 0 Å². The molecule has 0 radical (unpaired) electrons. The van der Waals surface area contributed by atoms with Crippen LogP contribution in [0.2, 0.25) is 0 Å². The monoisotopic (exact) mass is 257 g/mol. The molecule has 1 aromatic heterocycles. The minimum Gasteiger partial charge on any atom is -0.460 e. The molecule has 2 rings (SSSR count). The van der Waals surface area contributed by atoms with Crippen LogP contribution in [0.3, 0.4) is 0 Å². The number of rotatable bonds is 5. The van der Waals surface area contributed by atoms with Gasteiger partial charge in [-0.15, -0.1) is 0 Å². The van der Waals surface area contributed by atoms with Crippen molar-refractivity contribution in [2.75, 3.05) is 6.61 Å². The Kier molecular flexibility index (Phi) is 4.13. The minimum atomic E-state index is -0.806. The van der Waals surface area contributed by atoms with E-state index in [0.717, 1.165) is 5.56 Å². The molecule has 0 spiro atoms. The quantitative estimate of drug-likeness (QED) is 0.469. The van der Waals surface area contributed by atoms with Gasteiger partial charge >= 0.3 is 5.97 Å². The third kappa shape index (κ3) is 3.31.